The van der Waals surface area contributed by atoms with Crippen LogP contribution in [0.25, 0.3) is 0 Å². The number of aromatic nitrogens is 2. The molecule has 2 N–H and O–H groups in total. The van der Waals surface area contributed by atoms with E-state index in [2.05, 4.69) is 19.8 Å². The zero-order chi connectivity index (χ0) is 19.7. The third-order valence-electron chi connectivity index (χ3n) is 6.01. The zero-order valence-electron chi connectivity index (χ0n) is 16.6. The molecule has 2 aromatic rings. The van der Waals surface area contributed by atoms with Crippen molar-refractivity contribution in [2.75, 3.05) is 43.9 Å². The van der Waals surface area contributed by atoms with Gasteiger partial charge >= 0.3 is 0 Å². The van der Waals surface area contributed by atoms with Crippen LogP contribution in [0.3, 0.4) is 0 Å². The topological polar surface area (TPSA) is 67.5 Å². The number of likely N-dealkylation sites (tertiary alicyclic amines) is 1. The molecular weight excluding hydrogens is 357 g/mol. The van der Waals surface area contributed by atoms with Gasteiger partial charge in [0.05, 0.1) is 7.11 Å². The fourth-order valence-corrected chi connectivity index (χ4v) is 4.69. The Kier molecular flexibility index (Phi) is 5.10. The molecule has 1 atom stereocenters. The van der Waals surface area contributed by atoms with E-state index in [0.29, 0.717) is 23.8 Å². The van der Waals surface area contributed by atoms with Gasteiger partial charge in [0.2, 0.25) is 5.95 Å². The van der Waals surface area contributed by atoms with Crippen LogP contribution in [0.1, 0.15) is 30.5 Å². The molecular formula is C21H28FN5O. The third-order valence-corrected chi connectivity index (χ3v) is 6.01. The van der Waals surface area contributed by atoms with Crippen LogP contribution in [-0.2, 0) is 6.54 Å². The van der Waals surface area contributed by atoms with Gasteiger partial charge in [-0.3, -0.25) is 4.90 Å². The Morgan fingerprint density at radius 2 is 2.04 bits per heavy atom. The monoisotopic (exact) mass is 385 g/mol. The average Bonchev–Trinajstić information content (AvgIpc) is 3.06. The van der Waals surface area contributed by atoms with E-state index < -0.39 is 0 Å². The van der Waals surface area contributed by atoms with Gasteiger partial charge in [-0.05, 0) is 50.9 Å². The van der Waals surface area contributed by atoms with Crippen LogP contribution in [0, 0.1) is 18.2 Å². The minimum atomic E-state index is -0.166. The summed E-state index contributed by atoms with van der Waals surface area (Å²) >= 11 is 0. The van der Waals surface area contributed by atoms with Crippen molar-refractivity contribution in [3.63, 3.8) is 0 Å². The van der Waals surface area contributed by atoms with E-state index >= 15 is 0 Å². The first-order valence-corrected chi connectivity index (χ1v) is 9.87. The van der Waals surface area contributed by atoms with Crippen molar-refractivity contribution < 1.29 is 9.13 Å². The molecule has 0 bridgehead atoms. The summed E-state index contributed by atoms with van der Waals surface area (Å²) < 4.78 is 19.5. The average molecular weight is 385 g/mol. The van der Waals surface area contributed by atoms with Crippen LogP contribution in [-0.4, -0.2) is 48.2 Å². The van der Waals surface area contributed by atoms with Crippen LogP contribution >= 0.6 is 0 Å². The Morgan fingerprint density at radius 1 is 1.18 bits per heavy atom. The number of nitrogens with two attached hydrogens (primary N) is 1. The van der Waals surface area contributed by atoms with Crippen LogP contribution in [0.15, 0.2) is 24.3 Å². The lowest BCUT2D eigenvalue weighted by Gasteiger charge is -2.40. The molecule has 2 saturated heterocycles. The van der Waals surface area contributed by atoms with E-state index in [0.717, 1.165) is 50.5 Å². The van der Waals surface area contributed by atoms with Crippen LogP contribution in [0.4, 0.5) is 16.2 Å². The summed E-state index contributed by atoms with van der Waals surface area (Å²) in [5.41, 5.74) is 7.65. The molecule has 28 heavy (non-hydrogen) atoms. The molecule has 0 aliphatic carbocycles. The molecule has 3 heterocycles. The summed E-state index contributed by atoms with van der Waals surface area (Å²) in [5, 5.41) is 0. The van der Waals surface area contributed by atoms with Gasteiger partial charge in [-0.1, -0.05) is 0 Å². The minimum Gasteiger partial charge on any atom is -0.497 e. The predicted octanol–water partition coefficient (Wildman–Crippen LogP) is 3.01. The smallest absolute Gasteiger partial charge is 0.222 e. The molecule has 1 spiro atoms. The van der Waals surface area contributed by atoms with Crippen molar-refractivity contribution in [1.82, 2.24) is 14.9 Å². The third kappa shape index (κ3) is 3.90. The number of nitrogen functional groups attached to an aromatic ring is 1. The number of benzene rings is 1. The molecule has 0 saturated carbocycles. The van der Waals surface area contributed by atoms with Gasteiger partial charge in [-0.15, -0.1) is 0 Å². The molecule has 1 unspecified atom stereocenters. The van der Waals surface area contributed by atoms with Gasteiger partial charge in [-0.25, -0.2) is 9.37 Å². The second-order valence-electron chi connectivity index (χ2n) is 8.17. The molecule has 4 rings (SSSR count). The molecule has 2 aliphatic rings. The van der Waals surface area contributed by atoms with E-state index in [4.69, 9.17) is 10.5 Å². The van der Waals surface area contributed by atoms with Gasteiger partial charge in [0.25, 0.3) is 0 Å². The normalized spacial score (nSPS) is 22.8. The standard InChI is InChI=1S/C21H28FN5O/c1-15-10-19(25-20(23)24-15)27-9-7-21(14-27)6-3-8-26(13-21)12-16-11-17(28-2)4-5-18(16)22/h4-5,10-11H,3,6-9,12-14H2,1-2H3,(H2,23,24,25). The van der Waals surface area contributed by atoms with E-state index in [1.54, 1.807) is 13.2 Å². The zero-order valence-corrected chi connectivity index (χ0v) is 16.6. The van der Waals surface area contributed by atoms with Crippen molar-refractivity contribution in [1.29, 1.82) is 0 Å². The Bertz CT molecular complexity index is 840. The number of hydrogen-bond acceptors (Lipinski definition) is 6. The van der Waals surface area contributed by atoms with E-state index in [1.807, 2.05) is 19.1 Å². The molecule has 1 aromatic carbocycles. The Balaban J connectivity index is 1.46. The highest BCUT2D eigenvalue weighted by molar-refractivity contribution is 5.45. The summed E-state index contributed by atoms with van der Waals surface area (Å²) in [4.78, 5) is 13.3. The second-order valence-corrected chi connectivity index (χ2v) is 8.17. The molecule has 150 valence electrons. The Morgan fingerprint density at radius 3 is 2.82 bits per heavy atom. The fourth-order valence-electron chi connectivity index (χ4n) is 4.69. The maximum Gasteiger partial charge on any atom is 0.222 e. The number of halogens is 1. The summed E-state index contributed by atoms with van der Waals surface area (Å²) in [7, 11) is 1.61. The summed E-state index contributed by atoms with van der Waals surface area (Å²) in [6.07, 6.45) is 3.44. The number of hydrogen-bond donors (Lipinski definition) is 1. The SMILES string of the molecule is COc1ccc(F)c(CN2CCCC3(CCN(c4cc(C)nc(N)n4)C3)C2)c1. The largest absolute Gasteiger partial charge is 0.497 e. The lowest BCUT2D eigenvalue weighted by atomic mass is 9.79. The van der Waals surface area contributed by atoms with Gasteiger partial charge in [0.1, 0.15) is 17.4 Å². The lowest BCUT2D eigenvalue weighted by Crippen LogP contribution is -2.44. The van der Waals surface area contributed by atoms with Crippen LogP contribution < -0.4 is 15.4 Å². The number of ether oxygens (including phenoxy) is 1. The second kappa shape index (κ2) is 7.54. The minimum absolute atomic E-state index is 0.166. The highest BCUT2D eigenvalue weighted by atomic mass is 19.1. The fraction of sp³-hybridized carbons (Fsp3) is 0.524. The number of methoxy groups -OCH3 is 1. The molecule has 7 heteroatoms. The summed E-state index contributed by atoms with van der Waals surface area (Å²) in [5.74, 6) is 1.78. The molecule has 0 amide bonds. The van der Waals surface area contributed by atoms with Gasteiger partial charge < -0.3 is 15.4 Å². The van der Waals surface area contributed by atoms with Gasteiger partial charge in [0, 0.05) is 48.9 Å². The molecule has 0 radical (unpaired) electrons. The van der Waals surface area contributed by atoms with Crippen molar-refractivity contribution in [2.45, 2.75) is 32.7 Å². The first kappa shape index (κ1) is 18.9. The maximum atomic E-state index is 14.3. The quantitative estimate of drug-likeness (QED) is 0.873. The number of aryl methyl sites for hydroxylation is 1. The summed E-state index contributed by atoms with van der Waals surface area (Å²) in [6.45, 7) is 6.46. The van der Waals surface area contributed by atoms with Crippen LogP contribution in [0.2, 0.25) is 0 Å². The lowest BCUT2D eigenvalue weighted by molar-refractivity contribution is 0.0981. The number of piperidine rings is 1. The number of rotatable bonds is 4. The van der Waals surface area contributed by atoms with Crippen molar-refractivity contribution in [3.8, 4) is 5.75 Å². The Hall–Kier alpha value is -2.41. The van der Waals surface area contributed by atoms with E-state index in [-0.39, 0.29) is 11.2 Å². The van der Waals surface area contributed by atoms with E-state index in [1.165, 1.54) is 12.5 Å². The van der Waals surface area contributed by atoms with Gasteiger partial charge in [-0.2, -0.15) is 4.98 Å². The molecule has 1 aromatic heterocycles. The predicted molar refractivity (Wildman–Crippen MR) is 108 cm³/mol. The highest BCUT2D eigenvalue weighted by Crippen LogP contribution is 2.41. The molecule has 6 nitrogen and oxygen atoms in total. The van der Waals surface area contributed by atoms with Crippen molar-refractivity contribution in [3.05, 3.63) is 41.3 Å². The summed E-state index contributed by atoms with van der Waals surface area (Å²) in [6, 6.07) is 6.97. The van der Waals surface area contributed by atoms with Crippen LogP contribution in [0.5, 0.6) is 5.75 Å². The Labute approximate surface area is 165 Å². The van der Waals surface area contributed by atoms with Crippen molar-refractivity contribution >= 4 is 11.8 Å². The number of anilines is 2. The van der Waals surface area contributed by atoms with E-state index in [9.17, 15) is 4.39 Å². The number of nitrogens with zero attached hydrogens (tertiary/aromatic N) is 4. The van der Waals surface area contributed by atoms with Crippen molar-refractivity contribution in [2.24, 2.45) is 5.41 Å². The maximum absolute atomic E-state index is 14.3. The first-order chi connectivity index (χ1) is 13.5. The highest BCUT2D eigenvalue weighted by Gasteiger charge is 2.41. The molecule has 2 fully saturated rings. The molecule has 2 aliphatic heterocycles. The van der Waals surface area contributed by atoms with Gasteiger partial charge in [0.15, 0.2) is 0 Å². The first-order valence-electron chi connectivity index (χ1n) is 9.87.